The second-order valence-corrected chi connectivity index (χ2v) is 1.84. The number of ether oxygens (including phenoxy) is 1. The topological polar surface area (TPSA) is 64.3 Å². The number of nitrogens with two attached hydrogens (primary N) is 1. The molecule has 0 spiro atoms. The third-order valence-electron chi connectivity index (χ3n) is 0.927. The first-order valence-corrected chi connectivity index (χ1v) is 3.34. The van der Waals surface area contributed by atoms with Gasteiger partial charge < -0.3 is 15.8 Å². The van der Waals surface area contributed by atoms with Crippen LogP contribution in [0.25, 0.3) is 0 Å². The molecule has 0 saturated heterocycles. The van der Waals surface area contributed by atoms with Gasteiger partial charge in [0, 0.05) is 13.2 Å². The van der Waals surface area contributed by atoms with E-state index >= 15 is 0 Å². The predicted octanol–water partition coefficient (Wildman–Crippen LogP) is -0.902. The Kier molecular flexibility index (Phi) is 6.11. The van der Waals surface area contributed by atoms with E-state index in [1.54, 1.807) is 0 Å². The van der Waals surface area contributed by atoms with Crippen LogP contribution < -0.4 is 11.1 Å². The molecule has 0 unspecified atom stereocenters. The Balaban J connectivity index is 2.84. The molecule has 10 heavy (non-hydrogen) atoms. The highest BCUT2D eigenvalue weighted by Crippen LogP contribution is 1.69. The van der Waals surface area contributed by atoms with Gasteiger partial charge in [-0.25, -0.2) is 0 Å². The summed E-state index contributed by atoms with van der Waals surface area (Å²) in [6.45, 7) is 4.17. The van der Waals surface area contributed by atoms with E-state index in [2.05, 4.69) is 5.32 Å². The Hall–Kier alpha value is -0.610. The van der Waals surface area contributed by atoms with Crippen molar-refractivity contribution in [1.82, 2.24) is 5.32 Å². The third-order valence-corrected chi connectivity index (χ3v) is 0.927. The lowest BCUT2D eigenvalue weighted by Crippen LogP contribution is -2.30. The van der Waals surface area contributed by atoms with E-state index in [0.29, 0.717) is 19.8 Å². The molecule has 0 saturated carbocycles. The number of amides is 1. The molecule has 1 amide bonds. The van der Waals surface area contributed by atoms with Crippen LogP contribution in [-0.4, -0.2) is 32.2 Å². The molecular weight excluding hydrogens is 132 g/mol. The molecule has 0 aliphatic heterocycles. The van der Waals surface area contributed by atoms with Crippen molar-refractivity contribution in [2.75, 3.05) is 26.3 Å². The average molecular weight is 146 g/mol. The molecule has 0 aromatic carbocycles. The molecule has 0 aliphatic rings. The smallest absolute Gasteiger partial charge is 0.231 e. The molecule has 4 heteroatoms. The number of primary amides is 1. The Bertz CT molecular complexity index is 95.7. The molecule has 4 nitrogen and oxygen atoms in total. The number of rotatable bonds is 6. The van der Waals surface area contributed by atoms with Gasteiger partial charge in [0.05, 0.1) is 13.2 Å². The summed E-state index contributed by atoms with van der Waals surface area (Å²) in [5.74, 6) is -0.337. The molecule has 0 rings (SSSR count). The van der Waals surface area contributed by atoms with Crippen LogP contribution in [0, 0.1) is 0 Å². The molecule has 3 N–H and O–H groups in total. The summed E-state index contributed by atoms with van der Waals surface area (Å²) >= 11 is 0. The number of hydrogen-bond acceptors (Lipinski definition) is 3. The monoisotopic (exact) mass is 146 g/mol. The fraction of sp³-hybridized carbons (Fsp3) is 0.833. The molecule has 0 radical (unpaired) electrons. The number of hydrogen-bond donors (Lipinski definition) is 2. The SMILES string of the molecule is CCOCCNCC(N)=O. The summed E-state index contributed by atoms with van der Waals surface area (Å²) in [7, 11) is 0. The number of carbonyl (C=O) groups excluding carboxylic acids is 1. The maximum Gasteiger partial charge on any atom is 0.231 e. The Labute approximate surface area is 60.7 Å². The summed E-state index contributed by atoms with van der Waals surface area (Å²) in [5, 5.41) is 2.82. The lowest BCUT2D eigenvalue weighted by Gasteiger charge is -2.00. The molecule has 0 aliphatic carbocycles. The number of nitrogens with one attached hydrogen (secondary N) is 1. The van der Waals surface area contributed by atoms with Gasteiger partial charge in [0.15, 0.2) is 0 Å². The van der Waals surface area contributed by atoms with Crippen LogP contribution in [0.5, 0.6) is 0 Å². The fourth-order valence-electron chi connectivity index (χ4n) is 0.500. The maximum absolute atomic E-state index is 10.2. The Morgan fingerprint density at radius 3 is 2.90 bits per heavy atom. The van der Waals surface area contributed by atoms with Crippen LogP contribution in [0.3, 0.4) is 0 Å². The first-order chi connectivity index (χ1) is 4.77. The minimum Gasteiger partial charge on any atom is -0.380 e. The van der Waals surface area contributed by atoms with Gasteiger partial charge in [0.1, 0.15) is 0 Å². The summed E-state index contributed by atoms with van der Waals surface area (Å²) in [6.07, 6.45) is 0. The maximum atomic E-state index is 10.2. The Morgan fingerprint density at radius 2 is 2.40 bits per heavy atom. The zero-order valence-electron chi connectivity index (χ0n) is 6.22. The van der Waals surface area contributed by atoms with E-state index in [0.717, 1.165) is 0 Å². The summed E-state index contributed by atoms with van der Waals surface area (Å²) in [4.78, 5) is 10.2. The van der Waals surface area contributed by atoms with Crippen LogP contribution in [0.4, 0.5) is 0 Å². The summed E-state index contributed by atoms with van der Waals surface area (Å²) in [6, 6.07) is 0. The van der Waals surface area contributed by atoms with E-state index < -0.39 is 0 Å². The van der Waals surface area contributed by atoms with Crippen molar-refractivity contribution in [3.05, 3.63) is 0 Å². The summed E-state index contributed by atoms with van der Waals surface area (Å²) < 4.78 is 5.00. The van der Waals surface area contributed by atoms with Crippen LogP contribution in [0.2, 0.25) is 0 Å². The number of carbonyl (C=O) groups is 1. The van der Waals surface area contributed by atoms with Crippen molar-refractivity contribution >= 4 is 5.91 Å². The van der Waals surface area contributed by atoms with E-state index in [4.69, 9.17) is 10.5 Å². The lowest BCUT2D eigenvalue weighted by molar-refractivity contribution is -0.117. The zero-order chi connectivity index (χ0) is 7.82. The molecule has 0 aromatic heterocycles. The highest BCUT2D eigenvalue weighted by molar-refractivity contribution is 5.75. The van der Waals surface area contributed by atoms with Gasteiger partial charge in [-0.1, -0.05) is 0 Å². The highest BCUT2D eigenvalue weighted by Gasteiger charge is 1.90. The van der Waals surface area contributed by atoms with Crippen molar-refractivity contribution in [3.8, 4) is 0 Å². The molecule has 0 atom stereocenters. The second-order valence-electron chi connectivity index (χ2n) is 1.84. The van der Waals surface area contributed by atoms with E-state index in [9.17, 15) is 4.79 Å². The first-order valence-electron chi connectivity index (χ1n) is 3.34. The van der Waals surface area contributed by atoms with E-state index in [-0.39, 0.29) is 12.5 Å². The third kappa shape index (κ3) is 7.39. The Morgan fingerprint density at radius 1 is 1.70 bits per heavy atom. The fourth-order valence-corrected chi connectivity index (χ4v) is 0.500. The van der Waals surface area contributed by atoms with Gasteiger partial charge in [0.2, 0.25) is 5.91 Å². The molecule has 0 heterocycles. The first kappa shape index (κ1) is 9.39. The van der Waals surface area contributed by atoms with Gasteiger partial charge in [-0.3, -0.25) is 4.79 Å². The van der Waals surface area contributed by atoms with E-state index in [1.807, 2.05) is 6.92 Å². The lowest BCUT2D eigenvalue weighted by atomic mass is 10.6. The van der Waals surface area contributed by atoms with Crippen molar-refractivity contribution in [1.29, 1.82) is 0 Å². The quantitative estimate of drug-likeness (QED) is 0.477. The molecular formula is C6H14N2O2. The summed E-state index contributed by atoms with van der Waals surface area (Å²) in [5.41, 5.74) is 4.86. The van der Waals surface area contributed by atoms with Gasteiger partial charge >= 0.3 is 0 Å². The highest BCUT2D eigenvalue weighted by atomic mass is 16.5. The predicted molar refractivity (Wildman–Crippen MR) is 38.6 cm³/mol. The van der Waals surface area contributed by atoms with Crippen LogP contribution in [0.15, 0.2) is 0 Å². The molecule has 0 fully saturated rings. The second kappa shape index (κ2) is 6.51. The van der Waals surface area contributed by atoms with E-state index in [1.165, 1.54) is 0 Å². The van der Waals surface area contributed by atoms with Crippen LogP contribution in [-0.2, 0) is 9.53 Å². The van der Waals surface area contributed by atoms with Gasteiger partial charge in [-0.15, -0.1) is 0 Å². The van der Waals surface area contributed by atoms with Crippen molar-refractivity contribution in [3.63, 3.8) is 0 Å². The largest absolute Gasteiger partial charge is 0.380 e. The van der Waals surface area contributed by atoms with Gasteiger partial charge in [-0.2, -0.15) is 0 Å². The van der Waals surface area contributed by atoms with Crippen molar-refractivity contribution in [2.24, 2.45) is 5.73 Å². The minimum atomic E-state index is -0.337. The van der Waals surface area contributed by atoms with Crippen LogP contribution >= 0.6 is 0 Å². The average Bonchev–Trinajstić information content (AvgIpc) is 1.87. The van der Waals surface area contributed by atoms with Gasteiger partial charge in [-0.05, 0) is 6.92 Å². The van der Waals surface area contributed by atoms with Crippen molar-refractivity contribution < 1.29 is 9.53 Å². The normalized spacial score (nSPS) is 9.70. The van der Waals surface area contributed by atoms with Gasteiger partial charge in [0.25, 0.3) is 0 Å². The standard InChI is InChI=1S/C6H14N2O2/c1-2-10-4-3-8-5-6(7)9/h8H,2-5H2,1H3,(H2,7,9). The molecule has 0 aromatic rings. The van der Waals surface area contributed by atoms with Crippen LogP contribution in [0.1, 0.15) is 6.92 Å². The molecule has 0 bridgehead atoms. The van der Waals surface area contributed by atoms with Crippen molar-refractivity contribution in [2.45, 2.75) is 6.92 Å². The zero-order valence-corrected chi connectivity index (χ0v) is 6.22. The molecule has 60 valence electrons. The minimum absolute atomic E-state index is 0.229.